The number of nitrogens with one attached hydrogen (secondary N) is 1. The van der Waals surface area contributed by atoms with Gasteiger partial charge in [0, 0.05) is 5.69 Å². The van der Waals surface area contributed by atoms with Crippen LogP contribution in [0.15, 0.2) is 36.4 Å². The molecule has 0 atom stereocenters. The first kappa shape index (κ1) is 22.1. The quantitative estimate of drug-likeness (QED) is 0.609. The van der Waals surface area contributed by atoms with Crippen molar-refractivity contribution in [1.29, 1.82) is 0 Å². The second-order valence-corrected chi connectivity index (χ2v) is 6.31. The number of esters is 1. The average Bonchev–Trinajstić information content (AvgIpc) is 2.75. The lowest BCUT2D eigenvalue weighted by Gasteiger charge is -2.15. The molecule has 0 aliphatic rings. The van der Waals surface area contributed by atoms with Gasteiger partial charge < -0.3 is 24.3 Å². The number of hydrogen-bond donors (Lipinski definition) is 1. The van der Waals surface area contributed by atoms with Crippen LogP contribution >= 0.6 is 0 Å². The van der Waals surface area contributed by atoms with Gasteiger partial charge in [0.25, 0.3) is 5.91 Å². The van der Waals surface area contributed by atoms with Gasteiger partial charge in [-0.1, -0.05) is 25.5 Å². The van der Waals surface area contributed by atoms with Crippen molar-refractivity contribution in [1.82, 2.24) is 0 Å². The van der Waals surface area contributed by atoms with Crippen LogP contribution in [0.2, 0.25) is 0 Å². The Hall–Kier alpha value is -3.22. The van der Waals surface area contributed by atoms with Crippen molar-refractivity contribution in [3.63, 3.8) is 0 Å². The minimum atomic E-state index is -0.701. The predicted molar refractivity (Wildman–Crippen MR) is 110 cm³/mol. The van der Waals surface area contributed by atoms with E-state index in [-0.39, 0.29) is 17.1 Å². The maximum absolute atomic E-state index is 12.4. The molecule has 0 heterocycles. The maximum atomic E-state index is 12.4. The Bertz CT molecular complexity index is 832. The molecule has 0 unspecified atom stereocenters. The van der Waals surface area contributed by atoms with Gasteiger partial charge in [-0.05, 0) is 42.7 Å². The molecule has 0 saturated carbocycles. The molecule has 7 heteroatoms. The summed E-state index contributed by atoms with van der Waals surface area (Å²) in [6, 6.07) is 10.7. The van der Waals surface area contributed by atoms with Crippen molar-refractivity contribution >= 4 is 17.6 Å². The van der Waals surface area contributed by atoms with E-state index in [1.165, 1.54) is 33.0 Å². The van der Waals surface area contributed by atoms with E-state index in [9.17, 15) is 9.59 Å². The van der Waals surface area contributed by atoms with Crippen LogP contribution in [0, 0.1) is 0 Å². The number of rotatable bonds is 10. The van der Waals surface area contributed by atoms with E-state index >= 15 is 0 Å². The van der Waals surface area contributed by atoms with Crippen molar-refractivity contribution in [2.24, 2.45) is 0 Å². The summed E-state index contributed by atoms with van der Waals surface area (Å²) in [6.07, 6.45) is 3.27. The molecule has 0 aliphatic heterocycles. The fraction of sp³-hybridized carbons (Fsp3) is 0.364. The Morgan fingerprint density at radius 1 is 0.897 bits per heavy atom. The number of anilines is 1. The number of carbonyl (C=O) groups is 2. The summed E-state index contributed by atoms with van der Waals surface area (Å²) in [5.74, 6) is -0.259. The molecule has 0 aromatic heterocycles. The number of hydrogen-bond acceptors (Lipinski definition) is 6. The Morgan fingerprint density at radius 3 is 2.17 bits per heavy atom. The number of benzene rings is 2. The molecule has 0 fully saturated rings. The predicted octanol–water partition coefficient (Wildman–Crippen LogP) is 3.85. The highest BCUT2D eigenvalue weighted by molar-refractivity contribution is 5.97. The van der Waals surface area contributed by atoms with Crippen LogP contribution in [0.3, 0.4) is 0 Å². The van der Waals surface area contributed by atoms with Crippen molar-refractivity contribution < 1.29 is 28.5 Å². The lowest BCUT2D eigenvalue weighted by atomic mass is 10.1. The summed E-state index contributed by atoms with van der Waals surface area (Å²) >= 11 is 0. The molecule has 2 rings (SSSR count). The first-order valence-corrected chi connectivity index (χ1v) is 9.38. The molecule has 29 heavy (non-hydrogen) atoms. The van der Waals surface area contributed by atoms with Crippen LogP contribution in [-0.2, 0) is 16.0 Å². The standard InChI is InChI=1S/C22H27NO6/c1-5-6-7-15-8-10-16(11-9-15)23-19(24)14-29-22(25)17-12-13-18(26-2)21(28-4)20(17)27-3/h8-13H,5-7,14H2,1-4H3,(H,23,24). The fourth-order valence-electron chi connectivity index (χ4n) is 2.80. The van der Waals surface area contributed by atoms with E-state index in [0.29, 0.717) is 11.4 Å². The monoisotopic (exact) mass is 401 g/mol. The van der Waals surface area contributed by atoms with Gasteiger partial charge in [0.05, 0.1) is 21.3 Å². The van der Waals surface area contributed by atoms with Gasteiger partial charge in [0.15, 0.2) is 18.1 Å². The summed E-state index contributed by atoms with van der Waals surface area (Å²) in [4.78, 5) is 24.5. The lowest BCUT2D eigenvalue weighted by molar-refractivity contribution is -0.119. The highest BCUT2D eigenvalue weighted by Gasteiger charge is 2.22. The Labute approximate surface area is 170 Å². The minimum Gasteiger partial charge on any atom is -0.493 e. The summed E-state index contributed by atoms with van der Waals surface area (Å²) in [5, 5.41) is 2.71. The van der Waals surface area contributed by atoms with Gasteiger partial charge in [-0.15, -0.1) is 0 Å². The third-order valence-corrected chi connectivity index (χ3v) is 4.32. The number of ether oxygens (including phenoxy) is 4. The molecule has 0 bridgehead atoms. The second-order valence-electron chi connectivity index (χ2n) is 6.31. The van der Waals surface area contributed by atoms with Gasteiger partial charge >= 0.3 is 5.97 Å². The summed E-state index contributed by atoms with van der Waals surface area (Å²) in [5.41, 5.74) is 2.00. The van der Waals surface area contributed by atoms with E-state index in [1.807, 2.05) is 24.3 Å². The molecular formula is C22H27NO6. The van der Waals surface area contributed by atoms with Crippen molar-refractivity contribution in [2.75, 3.05) is 33.3 Å². The van der Waals surface area contributed by atoms with Crippen LogP contribution < -0.4 is 19.5 Å². The lowest BCUT2D eigenvalue weighted by Crippen LogP contribution is -2.21. The molecular weight excluding hydrogens is 374 g/mol. The number of aryl methyl sites for hydroxylation is 1. The zero-order chi connectivity index (χ0) is 21.2. The zero-order valence-electron chi connectivity index (χ0n) is 17.2. The molecule has 0 radical (unpaired) electrons. The molecule has 1 amide bonds. The normalized spacial score (nSPS) is 10.2. The Kier molecular flexibility index (Phi) is 8.33. The van der Waals surface area contributed by atoms with E-state index in [4.69, 9.17) is 18.9 Å². The van der Waals surface area contributed by atoms with E-state index in [0.717, 1.165) is 19.3 Å². The third-order valence-electron chi connectivity index (χ3n) is 4.32. The smallest absolute Gasteiger partial charge is 0.342 e. The Morgan fingerprint density at radius 2 is 1.59 bits per heavy atom. The largest absolute Gasteiger partial charge is 0.493 e. The average molecular weight is 401 g/mol. The first-order chi connectivity index (χ1) is 14.0. The highest BCUT2D eigenvalue weighted by atomic mass is 16.5. The van der Waals surface area contributed by atoms with Crippen molar-refractivity contribution in [3.05, 3.63) is 47.5 Å². The van der Waals surface area contributed by atoms with Gasteiger partial charge in [-0.2, -0.15) is 0 Å². The van der Waals surface area contributed by atoms with Crippen LogP contribution in [-0.4, -0.2) is 39.8 Å². The van der Waals surface area contributed by atoms with Gasteiger partial charge in [-0.25, -0.2) is 4.79 Å². The number of methoxy groups -OCH3 is 3. The third kappa shape index (κ3) is 5.88. The molecule has 7 nitrogen and oxygen atoms in total. The molecule has 2 aromatic rings. The second kappa shape index (κ2) is 10.9. The van der Waals surface area contributed by atoms with Crippen LogP contribution in [0.25, 0.3) is 0 Å². The maximum Gasteiger partial charge on any atom is 0.342 e. The molecule has 156 valence electrons. The van der Waals surface area contributed by atoms with Crippen LogP contribution in [0.5, 0.6) is 17.2 Å². The van der Waals surface area contributed by atoms with Crippen LogP contribution in [0.1, 0.15) is 35.7 Å². The van der Waals surface area contributed by atoms with E-state index < -0.39 is 18.5 Å². The molecule has 1 N–H and O–H groups in total. The zero-order valence-corrected chi connectivity index (χ0v) is 17.2. The summed E-state index contributed by atoms with van der Waals surface area (Å²) in [7, 11) is 4.33. The molecule has 2 aromatic carbocycles. The van der Waals surface area contributed by atoms with Crippen molar-refractivity contribution in [3.8, 4) is 17.2 Å². The topological polar surface area (TPSA) is 83.1 Å². The van der Waals surface area contributed by atoms with Gasteiger partial charge in [-0.3, -0.25) is 4.79 Å². The van der Waals surface area contributed by atoms with Gasteiger partial charge in [0.1, 0.15) is 5.56 Å². The minimum absolute atomic E-state index is 0.137. The summed E-state index contributed by atoms with van der Waals surface area (Å²) in [6.45, 7) is 1.72. The number of unbranched alkanes of at least 4 members (excludes halogenated alkanes) is 1. The first-order valence-electron chi connectivity index (χ1n) is 9.38. The number of amides is 1. The fourth-order valence-corrected chi connectivity index (χ4v) is 2.80. The summed E-state index contributed by atoms with van der Waals surface area (Å²) < 4.78 is 20.8. The SMILES string of the molecule is CCCCc1ccc(NC(=O)COC(=O)c2ccc(OC)c(OC)c2OC)cc1. The van der Waals surface area contributed by atoms with E-state index in [2.05, 4.69) is 12.2 Å². The van der Waals surface area contributed by atoms with E-state index in [1.54, 1.807) is 6.07 Å². The molecule has 0 spiro atoms. The molecule has 0 aliphatic carbocycles. The Balaban J connectivity index is 1.97. The highest BCUT2D eigenvalue weighted by Crippen LogP contribution is 2.39. The number of carbonyl (C=O) groups excluding carboxylic acids is 2. The van der Waals surface area contributed by atoms with Crippen LogP contribution in [0.4, 0.5) is 5.69 Å². The van der Waals surface area contributed by atoms with Gasteiger partial charge in [0.2, 0.25) is 5.75 Å². The van der Waals surface area contributed by atoms with Crippen molar-refractivity contribution in [2.45, 2.75) is 26.2 Å². The molecule has 0 saturated heterocycles.